The van der Waals surface area contributed by atoms with Crippen molar-refractivity contribution in [1.29, 1.82) is 0 Å². The molecule has 0 saturated heterocycles. The van der Waals surface area contributed by atoms with Crippen LogP contribution >= 0.6 is 0 Å². The second-order valence-corrected chi connectivity index (χ2v) is 5.92. The molecule has 1 unspecified atom stereocenters. The molecule has 0 amide bonds. The van der Waals surface area contributed by atoms with Crippen LogP contribution in [-0.2, 0) is 6.54 Å². The lowest BCUT2D eigenvalue weighted by Gasteiger charge is -2.28. The largest absolute Gasteiger partial charge is 0.329 e. The summed E-state index contributed by atoms with van der Waals surface area (Å²) in [5.74, 6) is 0.840. The summed E-state index contributed by atoms with van der Waals surface area (Å²) in [5, 5.41) is 0. The fourth-order valence-corrected chi connectivity index (χ4v) is 2.79. The molecular formula is C16H26N2. The Hall–Kier alpha value is -0.860. The summed E-state index contributed by atoms with van der Waals surface area (Å²) in [6.07, 6.45) is 2.72. The normalized spacial score (nSPS) is 17.2. The molecule has 1 atom stereocenters. The molecule has 0 aliphatic heterocycles. The van der Waals surface area contributed by atoms with Gasteiger partial charge in [-0.1, -0.05) is 12.1 Å². The molecule has 0 radical (unpaired) electrons. The molecule has 0 heterocycles. The van der Waals surface area contributed by atoms with Crippen molar-refractivity contribution in [1.82, 2.24) is 4.90 Å². The molecule has 2 N–H and O–H groups in total. The van der Waals surface area contributed by atoms with Gasteiger partial charge in [-0.3, -0.25) is 4.90 Å². The van der Waals surface area contributed by atoms with Crippen LogP contribution in [0.3, 0.4) is 0 Å². The first-order chi connectivity index (χ1) is 8.52. The second-order valence-electron chi connectivity index (χ2n) is 5.92. The Balaban J connectivity index is 2.10. The third kappa shape index (κ3) is 2.93. The molecular weight excluding hydrogens is 220 g/mol. The minimum Gasteiger partial charge on any atom is -0.329 e. The molecule has 1 aliphatic rings. The molecule has 1 fully saturated rings. The van der Waals surface area contributed by atoms with Gasteiger partial charge in [0.1, 0.15) is 0 Å². The summed E-state index contributed by atoms with van der Waals surface area (Å²) in [7, 11) is 2.21. The van der Waals surface area contributed by atoms with Crippen molar-refractivity contribution in [3.8, 4) is 0 Å². The monoisotopic (exact) mass is 246 g/mol. The number of nitrogens with two attached hydrogens (primary N) is 1. The molecule has 1 aliphatic carbocycles. The van der Waals surface area contributed by atoms with Gasteiger partial charge in [-0.05, 0) is 68.8 Å². The van der Waals surface area contributed by atoms with Crippen LogP contribution < -0.4 is 5.73 Å². The van der Waals surface area contributed by atoms with E-state index in [1.807, 2.05) is 0 Å². The van der Waals surface area contributed by atoms with Crippen LogP contribution in [0.4, 0.5) is 0 Å². The van der Waals surface area contributed by atoms with Crippen molar-refractivity contribution < 1.29 is 0 Å². The smallest absolute Gasteiger partial charge is 0.0247 e. The first kappa shape index (κ1) is 13.6. The van der Waals surface area contributed by atoms with Crippen molar-refractivity contribution in [3.63, 3.8) is 0 Å². The molecule has 1 aromatic rings. The third-order valence-corrected chi connectivity index (χ3v) is 4.35. The molecule has 1 saturated carbocycles. The van der Waals surface area contributed by atoms with Crippen molar-refractivity contribution in [2.24, 2.45) is 11.7 Å². The van der Waals surface area contributed by atoms with Crippen LogP contribution in [0.1, 0.15) is 35.1 Å². The molecule has 2 heteroatoms. The quantitative estimate of drug-likeness (QED) is 0.865. The van der Waals surface area contributed by atoms with Gasteiger partial charge >= 0.3 is 0 Å². The van der Waals surface area contributed by atoms with Gasteiger partial charge in [0.15, 0.2) is 0 Å². The van der Waals surface area contributed by atoms with Gasteiger partial charge in [-0.2, -0.15) is 0 Å². The Morgan fingerprint density at radius 1 is 1.17 bits per heavy atom. The highest BCUT2D eigenvalue weighted by Gasteiger charge is 2.32. The summed E-state index contributed by atoms with van der Waals surface area (Å²) in [5.41, 5.74) is 11.5. The molecule has 2 nitrogen and oxygen atoms in total. The zero-order valence-corrected chi connectivity index (χ0v) is 12.2. The SMILES string of the molecule is Cc1cc(C)c(CN(C)C(CN)C2CC2)cc1C. The minimum atomic E-state index is 0.561. The molecule has 1 aromatic carbocycles. The lowest BCUT2D eigenvalue weighted by atomic mass is 10.00. The molecule has 100 valence electrons. The lowest BCUT2D eigenvalue weighted by Crippen LogP contribution is -2.39. The first-order valence-electron chi connectivity index (χ1n) is 7.00. The van der Waals surface area contributed by atoms with Gasteiger partial charge in [0, 0.05) is 19.1 Å². The third-order valence-electron chi connectivity index (χ3n) is 4.35. The highest BCUT2D eigenvalue weighted by molar-refractivity contribution is 5.36. The van der Waals surface area contributed by atoms with E-state index in [1.165, 1.54) is 35.1 Å². The number of aryl methyl sites for hydroxylation is 3. The summed E-state index contributed by atoms with van der Waals surface area (Å²) in [6, 6.07) is 5.19. The van der Waals surface area contributed by atoms with E-state index in [9.17, 15) is 0 Å². The number of rotatable bonds is 5. The van der Waals surface area contributed by atoms with E-state index >= 15 is 0 Å². The molecule has 0 spiro atoms. The maximum Gasteiger partial charge on any atom is 0.0247 e. The lowest BCUT2D eigenvalue weighted by molar-refractivity contribution is 0.215. The molecule has 0 bridgehead atoms. The van der Waals surface area contributed by atoms with E-state index in [0.717, 1.165) is 19.0 Å². The highest BCUT2D eigenvalue weighted by atomic mass is 15.1. The van der Waals surface area contributed by atoms with E-state index < -0.39 is 0 Å². The van der Waals surface area contributed by atoms with Crippen LogP contribution in [0.2, 0.25) is 0 Å². The van der Waals surface area contributed by atoms with E-state index in [2.05, 4.69) is 44.9 Å². The number of nitrogens with zero attached hydrogens (tertiary/aromatic N) is 1. The van der Waals surface area contributed by atoms with E-state index in [1.54, 1.807) is 0 Å². The summed E-state index contributed by atoms with van der Waals surface area (Å²) < 4.78 is 0. The summed E-state index contributed by atoms with van der Waals surface area (Å²) >= 11 is 0. The summed E-state index contributed by atoms with van der Waals surface area (Å²) in [6.45, 7) is 8.39. The van der Waals surface area contributed by atoms with Gasteiger partial charge in [-0.25, -0.2) is 0 Å². The zero-order chi connectivity index (χ0) is 13.3. The number of hydrogen-bond donors (Lipinski definition) is 1. The number of likely N-dealkylation sites (N-methyl/N-ethyl adjacent to an activating group) is 1. The van der Waals surface area contributed by atoms with Gasteiger partial charge in [0.2, 0.25) is 0 Å². The Morgan fingerprint density at radius 3 is 2.33 bits per heavy atom. The van der Waals surface area contributed by atoms with Crippen LogP contribution in [-0.4, -0.2) is 24.5 Å². The van der Waals surface area contributed by atoms with E-state index in [0.29, 0.717) is 6.04 Å². The number of hydrogen-bond acceptors (Lipinski definition) is 2. The maximum atomic E-state index is 5.92. The second kappa shape index (κ2) is 5.41. The van der Waals surface area contributed by atoms with E-state index in [4.69, 9.17) is 5.73 Å². The number of benzene rings is 1. The average Bonchev–Trinajstić information content (AvgIpc) is 3.11. The standard InChI is InChI=1S/C16H26N2/c1-11-7-13(3)15(8-12(11)2)10-18(4)16(9-17)14-5-6-14/h7-8,14,16H,5-6,9-10,17H2,1-4H3. The molecule has 18 heavy (non-hydrogen) atoms. The maximum absolute atomic E-state index is 5.92. The van der Waals surface area contributed by atoms with Crippen LogP contribution in [0.15, 0.2) is 12.1 Å². The van der Waals surface area contributed by atoms with Gasteiger partial charge < -0.3 is 5.73 Å². The zero-order valence-electron chi connectivity index (χ0n) is 12.2. The van der Waals surface area contributed by atoms with Crippen molar-refractivity contribution in [2.75, 3.05) is 13.6 Å². The van der Waals surface area contributed by atoms with Crippen molar-refractivity contribution >= 4 is 0 Å². The first-order valence-corrected chi connectivity index (χ1v) is 7.00. The molecule has 2 rings (SSSR count). The van der Waals surface area contributed by atoms with Gasteiger partial charge in [-0.15, -0.1) is 0 Å². The summed E-state index contributed by atoms with van der Waals surface area (Å²) in [4.78, 5) is 2.44. The molecule has 0 aromatic heterocycles. The fourth-order valence-electron chi connectivity index (χ4n) is 2.79. The van der Waals surface area contributed by atoms with Crippen molar-refractivity contribution in [3.05, 3.63) is 34.4 Å². The van der Waals surface area contributed by atoms with Crippen LogP contribution in [0.5, 0.6) is 0 Å². The Bertz CT molecular complexity index is 421. The Labute approximate surface area is 111 Å². The van der Waals surface area contributed by atoms with Gasteiger partial charge in [0.05, 0.1) is 0 Å². The Morgan fingerprint density at radius 2 is 1.78 bits per heavy atom. The topological polar surface area (TPSA) is 29.3 Å². The fraction of sp³-hybridized carbons (Fsp3) is 0.625. The average molecular weight is 246 g/mol. The predicted molar refractivity (Wildman–Crippen MR) is 77.7 cm³/mol. The van der Waals surface area contributed by atoms with Crippen LogP contribution in [0.25, 0.3) is 0 Å². The van der Waals surface area contributed by atoms with Gasteiger partial charge in [0.25, 0.3) is 0 Å². The highest BCUT2D eigenvalue weighted by Crippen LogP contribution is 2.35. The van der Waals surface area contributed by atoms with E-state index in [-0.39, 0.29) is 0 Å². The van der Waals surface area contributed by atoms with Crippen molar-refractivity contribution in [2.45, 2.75) is 46.2 Å². The minimum absolute atomic E-state index is 0.561. The van der Waals surface area contributed by atoms with Crippen LogP contribution in [0, 0.1) is 26.7 Å². The predicted octanol–water partition coefficient (Wildman–Crippen LogP) is 2.78. The Kier molecular flexibility index (Phi) is 4.08.